The molecule has 0 aliphatic heterocycles. The van der Waals surface area contributed by atoms with Gasteiger partial charge in [-0.25, -0.2) is 4.39 Å². The van der Waals surface area contributed by atoms with Gasteiger partial charge in [0, 0.05) is 34.6 Å². The van der Waals surface area contributed by atoms with Gasteiger partial charge < -0.3 is 9.73 Å². The highest BCUT2D eigenvalue weighted by Gasteiger charge is 2.07. The Hall–Kier alpha value is -2.81. The van der Waals surface area contributed by atoms with E-state index >= 15 is 0 Å². The molecule has 0 saturated heterocycles. The number of halogens is 1. The second-order valence-electron chi connectivity index (χ2n) is 5.25. The number of furan rings is 1. The number of hydrogen-bond acceptors (Lipinski definition) is 2. The SMILES string of the molecule is Fc1ccccc1CNc1ccc2c(c1)oc1ccccc12. The zero-order valence-corrected chi connectivity index (χ0v) is 11.8. The van der Waals surface area contributed by atoms with Gasteiger partial charge in [-0.05, 0) is 24.3 Å². The molecule has 0 fully saturated rings. The van der Waals surface area contributed by atoms with Crippen LogP contribution in [0.15, 0.2) is 71.1 Å². The van der Waals surface area contributed by atoms with Crippen LogP contribution < -0.4 is 5.32 Å². The molecule has 22 heavy (non-hydrogen) atoms. The first kappa shape index (κ1) is 12.9. The molecule has 2 nitrogen and oxygen atoms in total. The lowest BCUT2D eigenvalue weighted by molar-refractivity contribution is 0.613. The van der Waals surface area contributed by atoms with E-state index in [4.69, 9.17) is 4.42 Å². The summed E-state index contributed by atoms with van der Waals surface area (Å²) in [4.78, 5) is 0. The summed E-state index contributed by atoms with van der Waals surface area (Å²) in [6.45, 7) is 0.443. The second-order valence-corrected chi connectivity index (χ2v) is 5.25. The van der Waals surface area contributed by atoms with Crippen molar-refractivity contribution in [3.05, 3.63) is 78.1 Å². The Morgan fingerprint density at radius 3 is 2.50 bits per heavy atom. The number of fused-ring (bicyclic) bond motifs is 3. The Labute approximate surface area is 127 Å². The molecule has 4 rings (SSSR count). The minimum atomic E-state index is -0.195. The molecule has 3 heteroatoms. The number of para-hydroxylation sites is 1. The van der Waals surface area contributed by atoms with Crippen molar-refractivity contribution in [1.82, 2.24) is 0 Å². The molecule has 0 aliphatic carbocycles. The fourth-order valence-corrected chi connectivity index (χ4v) is 2.67. The van der Waals surface area contributed by atoms with E-state index in [1.165, 1.54) is 6.07 Å². The van der Waals surface area contributed by atoms with Crippen LogP contribution in [0, 0.1) is 5.82 Å². The molecule has 0 atom stereocenters. The largest absolute Gasteiger partial charge is 0.456 e. The topological polar surface area (TPSA) is 25.2 Å². The lowest BCUT2D eigenvalue weighted by Gasteiger charge is -2.07. The van der Waals surface area contributed by atoms with Gasteiger partial charge in [0.05, 0.1) is 0 Å². The highest BCUT2D eigenvalue weighted by molar-refractivity contribution is 6.05. The van der Waals surface area contributed by atoms with Crippen LogP contribution in [0.1, 0.15) is 5.56 Å². The lowest BCUT2D eigenvalue weighted by Crippen LogP contribution is -2.01. The Morgan fingerprint density at radius 1 is 0.818 bits per heavy atom. The highest BCUT2D eigenvalue weighted by atomic mass is 19.1. The van der Waals surface area contributed by atoms with E-state index in [2.05, 4.69) is 5.32 Å². The summed E-state index contributed by atoms with van der Waals surface area (Å²) in [5, 5.41) is 5.44. The quantitative estimate of drug-likeness (QED) is 0.551. The van der Waals surface area contributed by atoms with E-state index in [1.54, 1.807) is 12.1 Å². The predicted molar refractivity (Wildman–Crippen MR) is 87.4 cm³/mol. The van der Waals surface area contributed by atoms with E-state index in [9.17, 15) is 4.39 Å². The minimum absolute atomic E-state index is 0.195. The van der Waals surface area contributed by atoms with Gasteiger partial charge in [0.15, 0.2) is 0 Å². The molecule has 0 unspecified atom stereocenters. The van der Waals surface area contributed by atoms with Crippen LogP contribution in [0.5, 0.6) is 0 Å². The highest BCUT2D eigenvalue weighted by Crippen LogP contribution is 2.30. The van der Waals surface area contributed by atoms with E-state index in [-0.39, 0.29) is 5.82 Å². The van der Waals surface area contributed by atoms with Crippen molar-refractivity contribution in [2.75, 3.05) is 5.32 Å². The summed E-state index contributed by atoms with van der Waals surface area (Å²) in [6.07, 6.45) is 0. The molecule has 1 aromatic heterocycles. The summed E-state index contributed by atoms with van der Waals surface area (Å²) in [5.74, 6) is -0.195. The third-order valence-corrected chi connectivity index (χ3v) is 3.82. The van der Waals surface area contributed by atoms with Crippen molar-refractivity contribution < 1.29 is 8.81 Å². The molecular formula is C19H14FNO. The predicted octanol–water partition coefficient (Wildman–Crippen LogP) is 5.34. The molecule has 0 bridgehead atoms. The fourth-order valence-electron chi connectivity index (χ4n) is 2.67. The van der Waals surface area contributed by atoms with Crippen molar-refractivity contribution in [1.29, 1.82) is 0 Å². The first-order chi connectivity index (χ1) is 10.8. The van der Waals surface area contributed by atoms with Crippen LogP contribution in [0.2, 0.25) is 0 Å². The van der Waals surface area contributed by atoms with Crippen LogP contribution in [-0.2, 0) is 6.54 Å². The average molecular weight is 291 g/mol. The Kier molecular flexibility index (Phi) is 3.04. The molecule has 108 valence electrons. The smallest absolute Gasteiger partial charge is 0.137 e. The maximum Gasteiger partial charge on any atom is 0.137 e. The van der Waals surface area contributed by atoms with Crippen molar-refractivity contribution in [2.24, 2.45) is 0 Å². The van der Waals surface area contributed by atoms with Crippen molar-refractivity contribution in [3.8, 4) is 0 Å². The number of nitrogens with one attached hydrogen (secondary N) is 1. The van der Waals surface area contributed by atoms with E-state index in [0.717, 1.165) is 27.6 Å². The van der Waals surface area contributed by atoms with Crippen LogP contribution in [-0.4, -0.2) is 0 Å². The Morgan fingerprint density at radius 2 is 1.59 bits per heavy atom. The van der Waals surface area contributed by atoms with Crippen LogP contribution in [0.4, 0.5) is 10.1 Å². The zero-order valence-electron chi connectivity index (χ0n) is 11.8. The molecule has 0 spiro atoms. The molecule has 0 radical (unpaired) electrons. The fraction of sp³-hybridized carbons (Fsp3) is 0.0526. The summed E-state index contributed by atoms with van der Waals surface area (Å²) in [6, 6.07) is 20.7. The molecular weight excluding hydrogens is 277 g/mol. The van der Waals surface area contributed by atoms with Gasteiger partial charge in [-0.2, -0.15) is 0 Å². The van der Waals surface area contributed by atoms with Gasteiger partial charge in [-0.15, -0.1) is 0 Å². The van der Waals surface area contributed by atoms with Gasteiger partial charge >= 0.3 is 0 Å². The van der Waals surface area contributed by atoms with Crippen molar-refractivity contribution in [3.63, 3.8) is 0 Å². The van der Waals surface area contributed by atoms with Gasteiger partial charge in [-0.3, -0.25) is 0 Å². The first-order valence-corrected chi connectivity index (χ1v) is 7.20. The minimum Gasteiger partial charge on any atom is -0.456 e. The summed E-state index contributed by atoms with van der Waals surface area (Å²) in [5.41, 5.74) is 3.27. The maximum atomic E-state index is 13.6. The van der Waals surface area contributed by atoms with E-state index in [0.29, 0.717) is 12.1 Å². The molecule has 0 aliphatic rings. The summed E-state index contributed by atoms with van der Waals surface area (Å²) in [7, 11) is 0. The summed E-state index contributed by atoms with van der Waals surface area (Å²) < 4.78 is 19.5. The Balaban J connectivity index is 1.65. The van der Waals surface area contributed by atoms with E-state index < -0.39 is 0 Å². The number of benzene rings is 3. The van der Waals surface area contributed by atoms with Gasteiger partial charge in [0.1, 0.15) is 17.0 Å². The average Bonchev–Trinajstić information content (AvgIpc) is 2.92. The lowest BCUT2D eigenvalue weighted by atomic mass is 10.1. The molecule has 3 aromatic carbocycles. The van der Waals surface area contributed by atoms with Crippen molar-refractivity contribution >= 4 is 27.6 Å². The standard InChI is InChI=1S/C19H14FNO/c20-17-7-3-1-5-13(17)12-21-14-9-10-16-15-6-2-4-8-18(15)22-19(16)11-14/h1-11,21H,12H2. The van der Waals surface area contributed by atoms with Gasteiger partial charge in [-0.1, -0.05) is 36.4 Å². The third-order valence-electron chi connectivity index (χ3n) is 3.82. The van der Waals surface area contributed by atoms with Crippen LogP contribution in [0.25, 0.3) is 21.9 Å². The number of hydrogen-bond donors (Lipinski definition) is 1. The van der Waals surface area contributed by atoms with Crippen LogP contribution in [0.3, 0.4) is 0 Å². The molecule has 1 N–H and O–H groups in total. The first-order valence-electron chi connectivity index (χ1n) is 7.20. The summed E-state index contributed by atoms with van der Waals surface area (Å²) >= 11 is 0. The number of anilines is 1. The van der Waals surface area contributed by atoms with Gasteiger partial charge in [0.2, 0.25) is 0 Å². The maximum absolute atomic E-state index is 13.6. The monoisotopic (exact) mass is 291 g/mol. The second kappa shape index (κ2) is 5.19. The normalized spacial score (nSPS) is 11.1. The third kappa shape index (κ3) is 2.21. The van der Waals surface area contributed by atoms with E-state index in [1.807, 2.05) is 48.5 Å². The van der Waals surface area contributed by atoms with Crippen LogP contribution >= 0.6 is 0 Å². The molecule has 0 saturated carbocycles. The molecule has 1 heterocycles. The molecule has 4 aromatic rings. The van der Waals surface area contributed by atoms with Gasteiger partial charge in [0.25, 0.3) is 0 Å². The Bertz CT molecular complexity index is 958. The molecule has 0 amide bonds. The zero-order chi connectivity index (χ0) is 14.9. The number of rotatable bonds is 3. The van der Waals surface area contributed by atoms with Crippen molar-refractivity contribution in [2.45, 2.75) is 6.54 Å².